The van der Waals surface area contributed by atoms with E-state index in [4.69, 9.17) is 0 Å². The van der Waals surface area contributed by atoms with Crippen LogP contribution in [0.3, 0.4) is 0 Å². The highest BCUT2D eigenvalue weighted by Crippen LogP contribution is 2.28. The summed E-state index contributed by atoms with van der Waals surface area (Å²) >= 11 is 1.61. The lowest BCUT2D eigenvalue weighted by atomic mass is 9.89. The van der Waals surface area contributed by atoms with Crippen molar-refractivity contribution in [2.24, 2.45) is 0 Å². The monoisotopic (exact) mass is 233 g/mol. The fraction of sp³-hybridized carbons (Fsp3) is 0.308. The van der Waals surface area contributed by atoms with Crippen LogP contribution in [-0.2, 0) is 5.41 Å². The maximum Gasteiger partial charge on any atom is 0.255 e. The van der Waals surface area contributed by atoms with E-state index < -0.39 is 0 Å². The average molecular weight is 233 g/mol. The van der Waals surface area contributed by atoms with Crippen molar-refractivity contribution in [2.45, 2.75) is 26.2 Å². The molecule has 2 rings (SSSR count). The normalized spacial score (nSPS) is 11.7. The molecule has 0 atom stereocenters. The zero-order chi connectivity index (χ0) is 11.8. The second-order valence-electron chi connectivity index (χ2n) is 4.83. The van der Waals surface area contributed by atoms with E-state index in [2.05, 4.69) is 32.2 Å². The molecule has 0 aliphatic heterocycles. The third-order valence-corrected chi connectivity index (χ3v) is 3.44. The summed E-state index contributed by atoms with van der Waals surface area (Å²) in [5.41, 5.74) is 1.42. The molecule has 0 unspecified atom stereocenters. The van der Waals surface area contributed by atoms with Crippen LogP contribution >= 0.6 is 11.3 Å². The molecule has 0 fully saturated rings. The lowest BCUT2D eigenvalue weighted by Gasteiger charge is -2.15. The van der Waals surface area contributed by atoms with Gasteiger partial charge in [-0.3, -0.25) is 9.36 Å². The van der Waals surface area contributed by atoms with Crippen LogP contribution in [0.1, 0.15) is 26.3 Å². The smallest absolute Gasteiger partial charge is 0.255 e. The van der Waals surface area contributed by atoms with Gasteiger partial charge in [-0.2, -0.15) is 0 Å². The van der Waals surface area contributed by atoms with E-state index in [0.717, 1.165) is 5.00 Å². The predicted octanol–water partition coefficient (Wildman–Crippen LogP) is 3.20. The van der Waals surface area contributed by atoms with Crippen molar-refractivity contribution < 1.29 is 0 Å². The molecule has 0 saturated heterocycles. The Hall–Kier alpha value is -1.35. The summed E-state index contributed by atoms with van der Waals surface area (Å²) in [4.78, 5) is 11.6. The van der Waals surface area contributed by atoms with Crippen molar-refractivity contribution in [1.29, 1.82) is 0 Å². The molecule has 2 aromatic heterocycles. The van der Waals surface area contributed by atoms with Gasteiger partial charge >= 0.3 is 0 Å². The molecule has 0 spiro atoms. The van der Waals surface area contributed by atoms with E-state index >= 15 is 0 Å². The van der Waals surface area contributed by atoms with Gasteiger partial charge in [-0.1, -0.05) is 26.8 Å². The highest BCUT2D eigenvalue weighted by molar-refractivity contribution is 7.12. The number of pyridine rings is 1. The Labute approximate surface area is 99.2 Å². The van der Waals surface area contributed by atoms with Crippen LogP contribution in [0.2, 0.25) is 0 Å². The van der Waals surface area contributed by atoms with Gasteiger partial charge in [-0.05, 0) is 28.5 Å². The van der Waals surface area contributed by atoms with Crippen LogP contribution in [0.15, 0.2) is 40.6 Å². The van der Waals surface area contributed by atoms with Crippen molar-refractivity contribution in [3.05, 3.63) is 51.8 Å². The number of aromatic nitrogens is 1. The highest BCUT2D eigenvalue weighted by Gasteiger charge is 2.16. The van der Waals surface area contributed by atoms with Crippen LogP contribution in [-0.4, -0.2) is 4.57 Å². The first-order chi connectivity index (χ1) is 7.48. The molecular formula is C13H15NOS. The molecule has 3 heteroatoms. The summed E-state index contributed by atoms with van der Waals surface area (Å²) in [6.07, 6.45) is 1.81. The number of thiophene rings is 1. The maximum atomic E-state index is 11.6. The average Bonchev–Trinajstić information content (AvgIpc) is 2.66. The molecular weight excluding hydrogens is 218 g/mol. The van der Waals surface area contributed by atoms with E-state index in [1.165, 1.54) is 5.56 Å². The van der Waals surface area contributed by atoms with Gasteiger partial charge in [0.05, 0.1) is 0 Å². The standard InChI is InChI=1S/C13H15NOS/c1-13(2,3)10-8-12(16-9-10)14-7-5-4-6-11(14)15/h4-9H,1-3H3. The van der Waals surface area contributed by atoms with Gasteiger partial charge < -0.3 is 0 Å². The van der Waals surface area contributed by atoms with Crippen molar-refractivity contribution in [3.8, 4) is 5.00 Å². The molecule has 2 heterocycles. The quantitative estimate of drug-likeness (QED) is 0.741. The summed E-state index contributed by atoms with van der Waals surface area (Å²) in [5.74, 6) is 0. The van der Waals surface area contributed by atoms with Gasteiger partial charge in [0.15, 0.2) is 0 Å². The second-order valence-corrected chi connectivity index (χ2v) is 5.72. The topological polar surface area (TPSA) is 22.0 Å². The van der Waals surface area contributed by atoms with Crippen LogP contribution < -0.4 is 5.56 Å². The third kappa shape index (κ3) is 2.09. The maximum absolute atomic E-state index is 11.6. The molecule has 0 bridgehead atoms. The molecule has 2 nitrogen and oxygen atoms in total. The Morgan fingerprint density at radius 1 is 1.25 bits per heavy atom. The Kier molecular flexibility index (Phi) is 2.72. The van der Waals surface area contributed by atoms with E-state index in [-0.39, 0.29) is 11.0 Å². The van der Waals surface area contributed by atoms with Crippen LogP contribution in [0.4, 0.5) is 0 Å². The summed E-state index contributed by atoms with van der Waals surface area (Å²) in [7, 11) is 0. The predicted molar refractivity (Wildman–Crippen MR) is 68.6 cm³/mol. The molecule has 0 N–H and O–H groups in total. The molecule has 16 heavy (non-hydrogen) atoms. The minimum absolute atomic E-state index is 0.0183. The number of hydrogen-bond acceptors (Lipinski definition) is 2. The lowest BCUT2D eigenvalue weighted by Crippen LogP contribution is -2.14. The molecule has 0 aliphatic rings. The Morgan fingerprint density at radius 2 is 2.00 bits per heavy atom. The molecule has 84 valence electrons. The van der Waals surface area contributed by atoms with E-state index in [1.807, 2.05) is 6.07 Å². The molecule has 2 aromatic rings. The molecule has 0 radical (unpaired) electrons. The van der Waals surface area contributed by atoms with E-state index in [0.29, 0.717) is 0 Å². The third-order valence-electron chi connectivity index (χ3n) is 2.51. The number of nitrogens with zero attached hydrogens (tertiary/aromatic N) is 1. The summed E-state index contributed by atoms with van der Waals surface area (Å²) in [6.45, 7) is 6.52. The second kappa shape index (κ2) is 3.91. The summed E-state index contributed by atoms with van der Waals surface area (Å²) < 4.78 is 1.68. The largest absolute Gasteiger partial charge is 0.275 e. The molecule has 0 saturated carbocycles. The Balaban J connectivity index is 2.48. The first-order valence-electron chi connectivity index (χ1n) is 5.25. The molecule has 0 aliphatic carbocycles. The Bertz CT molecular complexity index is 545. The van der Waals surface area contributed by atoms with Gasteiger partial charge in [0.25, 0.3) is 5.56 Å². The zero-order valence-electron chi connectivity index (χ0n) is 9.73. The fourth-order valence-corrected chi connectivity index (χ4v) is 2.58. The van der Waals surface area contributed by atoms with Crippen LogP contribution in [0.25, 0.3) is 5.00 Å². The molecule has 0 amide bonds. The van der Waals surface area contributed by atoms with Crippen molar-refractivity contribution in [3.63, 3.8) is 0 Å². The minimum Gasteiger partial charge on any atom is -0.275 e. The fourth-order valence-electron chi connectivity index (χ4n) is 1.45. The van der Waals surface area contributed by atoms with Gasteiger partial charge in [0.2, 0.25) is 0 Å². The first-order valence-corrected chi connectivity index (χ1v) is 6.13. The molecule has 0 aromatic carbocycles. The van der Waals surface area contributed by atoms with E-state index in [1.54, 1.807) is 34.2 Å². The van der Waals surface area contributed by atoms with Gasteiger partial charge in [0, 0.05) is 12.3 Å². The summed E-state index contributed by atoms with van der Waals surface area (Å²) in [6, 6.07) is 7.30. The highest BCUT2D eigenvalue weighted by atomic mass is 32.1. The Morgan fingerprint density at radius 3 is 2.56 bits per heavy atom. The van der Waals surface area contributed by atoms with Gasteiger partial charge in [0.1, 0.15) is 5.00 Å². The SMILES string of the molecule is CC(C)(C)c1csc(-n2ccccc2=O)c1. The van der Waals surface area contributed by atoms with Crippen LogP contribution in [0.5, 0.6) is 0 Å². The minimum atomic E-state index is 0.0183. The van der Waals surface area contributed by atoms with E-state index in [9.17, 15) is 4.79 Å². The number of hydrogen-bond donors (Lipinski definition) is 0. The zero-order valence-corrected chi connectivity index (χ0v) is 10.5. The number of rotatable bonds is 1. The summed E-state index contributed by atoms with van der Waals surface area (Å²) in [5, 5.41) is 3.10. The van der Waals surface area contributed by atoms with Gasteiger partial charge in [-0.15, -0.1) is 11.3 Å². The van der Waals surface area contributed by atoms with Gasteiger partial charge in [-0.25, -0.2) is 0 Å². The first kappa shape index (κ1) is 11.1. The van der Waals surface area contributed by atoms with Crippen LogP contribution in [0, 0.1) is 0 Å². The van der Waals surface area contributed by atoms with Crippen molar-refractivity contribution in [2.75, 3.05) is 0 Å². The van der Waals surface area contributed by atoms with Crippen molar-refractivity contribution in [1.82, 2.24) is 4.57 Å². The van der Waals surface area contributed by atoms with Crippen molar-refractivity contribution >= 4 is 11.3 Å². The lowest BCUT2D eigenvalue weighted by molar-refractivity contribution is 0.592.